The van der Waals surface area contributed by atoms with Gasteiger partial charge in [0.1, 0.15) is 31.5 Å². The van der Waals surface area contributed by atoms with Crippen molar-refractivity contribution in [2.45, 2.75) is 19.0 Å². The molecule has 1 aromatic rings. The van der Waals surface area contributed by atoms with Crippen LogP contribution in [0.5, 0.6) is 0 Å². The van der Waals surface area contributed by atoms with Crippen molar-refractivity contribution in [2.75, 3.05) is 19.5 Å². The summed E-state index contributed by atoms with van der Waals surface area (Å²) in [6.07, 6.45) is 0. The van der Waals surface area contributed by atoms with Gasteiger partial charge in [-0.1, -0.05) is 5.16 Å². The highest BCUT2D eigenvalue weighted by molar-refractivity contribution is 7.84. The number of ether oxygens (including phenoxy) is 1. The highest BCUT2D eigenvalue weighted by atomic mass is 32.2. The summed E-state index contributed by atoms with van der Waals surface area (Å²) in [6.45, 7) is 0.508. The summed E-state index contributed by atoms with van der Waals surface area (Å²) in [6, 6.07) is -2.72. The third-order valence-electron chi connectivity index (χ3n) is 3.32. The molecule has 2 heterocycles. The zero-order chi connectivity index (χ0) is 20.4. The standard InChI is InChI=1S/C12H15N5O8S2/c1-5(18)25-3-7-9(11(20)17(7)27(21,22)23)15-10(19)8(16-24-2)6-4-26-12(13)14-6/h4,7,9H,3H2,1-2H3,(H2,13,14)(H,15,19)(H,21,22,23). The molecule has 27 heavy (non-hydrogen) atoms. The number of β-lactam (4-membered cyclic amide) rings is 1. The molecular weight excluding hydrogens is 406 g/mol. The SMILES string of the molecule is CON=C(C(=O)NC1C(=O)N(S(=O)(=O)O)C1COC(C)=O)c1csc(N)n1. The maximum atomic E-state index is 12.4. The fourth-order valence-electron chi connectivity index (χ4n) is 2.23. The summed E-state index contributed by atoms with van der Waals surface area (Å²) < 4.78 is 36.5. The molecule has 1 aliphatic rings. The molecule has 2 atom stereocenters. The van der Waals surface area contributed by atoms with Crippen molar-refractivity contribution in [1.29, 1.82) is 0 Å². The molecule has 1 aromatic heterocycles. The number of nitrogens with two attached hydrogens (primary N) is 1. The van der Waals surface area contributed by atoms with Crippen LogP contribution in [0.1, 0.15) is 12.6 Å². The summed E-state index contributed by atoms with van der Waals surface area (Å²) in [5.41, 5.74) is 5.27. The second-order valence-corrected chi connectivity index (χ2v) is 7.31. The summed E-state index contributed by atoms with van der Waals surface area (Å²) in [4.78, 5) is 43.9. The number of aromatic nitrogens is 1. The number of nitrogen functional groups attached to an aromatic ring is 1. The summed E-state index contributed by atoms with van der Waals surface area (Å²) in [5, 5.41) is 7.36. The molecule has 0 spiro atoms. The molecule has 0 bridgehead atoms. The lowest BCUT2D eigenvalue weighted by Crippen LogP contribution is -2.73. The van der Waals surface area contributed by atoms with Gasteiger partial charge < -0.3 is 20.6 Å². The average Bonchev–Trinajstić information content (AvgIpc) is 2.98. The fourth-order valence-corrected chi connectivity index (χ4v) is 3.64. The van der Waals surface area contributed by atoms with Crippen LogP contribution in [0, 0.1) is 0 Å². The number of nitrogens with one attached hydrogen (secondary N) is 1. The van der Waals surface area contributed by atoms with E-state index in [4.69, 9.17) is 10.3 Å². The number of thiazole rings is 1. The van der Waals surface area contributed by atoms with Gasteiger partial charge in [0, 0.05) is 12.3 Å². The molecule has 0 aromatic carbocycles. The fraction of sp³-hybridized carbons (Fsp3) is 0.417. The van der Waals surface area contributed by atoms with Crippen molar-refractivity contribution >= 4 is 50.3 Å². The number of nitrogens with zero attached hydrogens (tertiary/aromatic N) is 3. The first-order valence-electron chi connectivity index (χ1n) is 7.13. The van der Waals surface area contributed by atoms with Crippen LogP contribution in [0.4, 0.5) is 5.13 Å². The summed E-state index contributed by atoms with van der Waals surface area (Å²) in [5.74, 6) is -2.77. The van der Waals surface area contributed by atoms with E-state index in [1.54, 1.807) is 0 Å². The van der Waals surface area contributed by atoms with Gasteiger partial charge in [-0.15, -0.1) is 11.3 Å². The Kier molecular flexibility index (Phi) is 5.97. The van der Waals surface area contributed by atoms with E-state index in [2.05, 4.69) is 25.0 Å². The Labute approximate surface area is 157 Å². The maximum absolute atomic E-state index is 12.4. The molecule has 1 saturated heterocycles. The third kappa shape index (κ3) is 4.50. The monoisotopic (exact) mass is 421 g/mol. The minimum absolute atomic E-state index is 0.0757. The number of hydrogen-bond donors (Lipinski definition) is 3. The predicted octanol–water partition coefficient (Wildman–Crippen LogP) is -1.86. The Morgan fingerprint density at radius 1 is 1.52 bits per heavy atom. The highest BCUT2D eigenvalue weighted by Gasteiger charge is 2.54. The van der Waals surface area contributed by atoms with Crippen LogP contribution >= 0.6 is 11.3 Å². The first kappa shape index (κ1) is 20.5. The smallest absolute Gasteiger partial charge is 0.362 e. The second-order valence-electron chi connectivity index (χ2n) is 5.13. The van der Waals surface area contributed by atoms with Gasteiger partial charge in [-0.2, -0.15) is 8.42 Å². The minimum Gasteiger partial charge on any atom is -0.464 e. The van der Waals surface area contributed by atoms with Crippen LogP contribution < -0.4 is 11.1 Å². The van der Waals surface area contributed by atoms with Gasteiger partial charge in [0.05, 0.1) is 0 Å². The van der Waals surface area contributed by atoms with E-state index in [0.29, 0.717) is 0 Å². The van der Waals surface area contributed by atoms with Gasteiger partial charge in [0.2, 0.25) is 0 Å². The van der Waals surface area contributed by atoms with E-state index in [0.717, 1.165) is 18.3 Å². The molecule has 2 rings (SSSR count). The normalized spacial score (nSPS) is 20.0. The predicted molar refractivity (Wildman–Crippen MR) is 90.8 cm³/mol. The van der Waals surface area contributed by atoms with Gasteiger partial charge in [0.15, 0.2) is 10.8 Å². The topological polar surface area (TPSA) is 191 Å². The van der Waals surface area contributed by atoms with Gasteiger partial charge in [0.25, 0.3) is 11.8 Å². The number of rotatable bonds is 7. The van der Waals surface area contributed by atoms with Crippen LogP contribution in [-0.2, 0) is 34.3 Å². The van der Waals surface area contributed by atoms with Crippen LogP contribution in [0.25, 0.3) is 0 Å². The molecule has 4 N–H and O–H groups in total. The Hall–Kier alpha value is -2.78. The molecule has 1 fully saturated rings. The van der Waals surface area contributed by atoms with Crippen molar-refractivity contribution in [3.63, 3.8) is 0 Å². The van der Waals surface area contributed by atoms with Gasteiger partial charge in [-0.3, -0.25) is 18.9 Å². The zero-order valence-corrected chi connectivity index (χ0v) is 15.6. The van der Waals surface area contributed by atoms with E-state index in [1.165, 1.54) is 12.5 Å². The number of carbonyl (C=O) groups is 3. The molecule has 0 saturated carbocycles. The van der Waals surface area contributed by atoms with Gasteiger partial charge in [-0.25, -0.2) is 9.29 Å². The molecular formula is C12H15N5O8S2. The number of amides is 2. The van der Waals surface area contributed by atoms with Crippen molar-refractivity contribution in [2.24, 2.45) is 5.16 Å². The van der Waals surface area contributed by atoms with Crippen molar-refractivity contribution in [3.8, 4) is 0 Å². The Bertz CT molecular complexity index is 895. The minimum atomic E-state index is -4.90. The molecule has 13 nitrogen and oxygen atoms in total. The first-order valence-corrected chi connectivity index (χ1v) is 9.41. The zero-order valence-electron chi connectivity index (χ0n) is 14.0. The summed E-state index contributed by atoms with van der Waals surface area (Å²) in [7, 11) is -3.72. The third-order valence-corrected chi connectivity index (χ3v) is 4.95. The van der Waals surface area contributed by atoms with E-state index in [9.17, 15) is 22.8 Å². The Morgan fingerprint density at radius 3 is 2.67 bits per heavy atom. The molecule has 0 aliphatic carbocycles. The first-order chi connectivity index (χ1) is 12.6. The number of anilines is 1. The summed E-state index contributed by atoms with van der Waals surface area (Å²) >= 11 is 1.04. The molecule has 1 aliphatic heterocycles. The number of oxime groups is 1. The van der Waals surface area contributed by atoms with Gasteiger partial charge in [-0.05, 0) is 0 Å². The van der Waals surface area contributed by atoms with E-state index < -0.39 is 46.8 Å². The highest BCUT2D eigenvalue weighted by Crippen LogP contribution is 2.24. The lowest BCUT2D eigenvalue weighted by atomic mass is 9.99. The van der Waals surface area contributed by atoms with Crippen LogP contribution in [0.15, 0.2) is 10.5 Å². The molecule has 15 heteroatoms. The van der Waals surface area contributed by atoms with Crippen molar-refractivity contribution in [1.82, 2.24) is 14.6 Å². The second kappa shape index (κ2) is 7.85. The molecule has 0 radical (unpaired) electrons. The Balaban J connectivity index is 2.22. The largest absolute Gasteiger partial charge is 0.464 e. The van der Waals surface area contributed by atoms with Gasteiger partial charge >= 0.3 is 16.3 Å². The van der Waals surface area contributed by atoms with Crippen LogP contribution in [-0.4, -0.2) is 71.6 Å². The molecule has 2 amide bonds. The van der Waals surface area contributed by atoms with Crippen molar-refractivity contribution < 1.29 is 36.9 Å². The molecule has 2 unspecified atom stereocenters. The lowest BCUT2D eigenvalue weighted by Gasteiger charge is -2.43. The Morgan fingerprint density at radius 2 is 2.19 bits per heavy atom. The maximum Gasteiger partial charge on any atom is 0.362 e. The van der Waals surface area contributed by atoms with Crippen LogP contribution in [0.3, 0.4) is 0 Å². The lowest BCUT2D eigenvalue weighted by molar-refractivity contribution is -0.154. The quantitative estimate of drug-likeness (QED) is 0.148. The van der Waals surface area contributed by atoms with E-state index in [-0.39, 0.29) is 20.8 Å². The number of hydrogen-bond acceptors (Lipinski definition) is 11. The number of carbonyl (C=O) groups excluding carboxylic acids is 3. The number of esters is 1. The average molecular weight is 421 g/mol. The van der Waals surface area contributed by atoms with E-state index >= 15 is 0 Å². The van der Waals surface area contributed by atoms with Crippen molar-refractivity contribution in [3.05, 3.63) is 11.1 Å². The molecule has 148 valence electrons. The van der Waals surface area contributed by atoms with E-state index in [1.807, 2.05) is 0 Å². The van der Waals surface area contributed by atoms with Crippen LogP contribution in [0.2, 0.25) is 0 Å².